The van der Waals surface area contributed by atoms with Crippen LogP contribution in [0.4, 0.5) is 10.1 Å². The number of carbonyl (C=O) groups is 1. The van der Waals surface area contributed by atoms with E-state index in [-0.39, 0.29) is 11.7 Å². The molecular formula is C24H32FN3O. The molecule has 1 aliphatic heterocycles. The van der Waals surface area contributed by atoms with Crippen molar-refractivity contribution in [3.63, 3.8) is 0 Å². The van der Waals surface area contributed by atoms with Gasteiger partial charge in [-0.25, -0.2) is 4.39 Å². The summed E-state index contributed by atoms with van der Waals surface area (Å²) in [5.41, 5.74) is 3.29. The van der Waals surface area contributed by atoms with Crippen LogP contribution in [0.15, 0.2) is 48.5 Å². The first-order valence-corrected chi connectivity index (χ1v) is 10.5. The maximum atomic E-state index is 13.0. The predicted octanol–water partition coefficient (Wildman–Crippen LogP) is 4.45. The zero-order valence-electron chi connectivity index (χ0n) is 17.7. The van der Waals surface area contributed by atoms with Crippen molar-refractivity contribution in [2.24, 2.45) is 0 Å². The molecule has 0 bridgehead atoms. The topological polar surface area (TPSA) is 35.6 Å². The van der Waals surface area contributed by atoms with Crippen LogP contribution in [0.1, 0.15) is 37.8 Å². The lowest BCUT2D eigenvalue weighted by atomic mass is 10.00. The van der Waals surface area contributed by atoms with E-state index < -0.39 is 0 Å². The molecule has 1 N–H and O–H groups in total. The molecule has 4 nitrogen and oxygen atoms in total. The van der Waals surface area contributed by atoms with Gasteiger partial charge in [0.25, 0.3) is 0 Å². The second-order valence-corrected chi connectivity index (χ2v) is 8.32. The van der Waals surface area contributed by atoms with Crippen LogP contribution in [0.2, 0.25) is 0 Å². The molecule has 0 aliphatic carbocycles. The number of hydrogen-bond acceptors (Lipinski definition) is 3. The van der Waals surface area contributed by atoms with E-state index in [9.17, 15) is 9.18 Å². The van der Waals surface area contributed by atoms with Crippen LogP contribution in [0.25, 0.3) is 0 Å². The summed E-state index contributed by atoms with van der Waals surface area (Å²) in [4.78, 5) is 17.1. The smallest absolute Gasteiger partial charge is 0.238 e. The maximum absolute atomic E-state index is 13.0. The zero-order valence-corrected chi connectivity index (χ0v) is 17.7. The SMILES string of the molecule is Cc1cccc(CN(C(C)C)C2CCN(CC(=O)Nc3ccc(F)cc3)CC2)c1. The number of carbonyl (C=O) groups excluding carboxylic acids is 1. The third kappa shape index (κ3) is 6.38. The predicted molar refractivity (Wildman–Crippen MR) is 116 cm³/mol. The molecule has 0 aromatic heterocycles. The lowest BCUT2D eigenvalue weighted by molar-refractivity contribution is -0.117. The van der Waals surface area contributed by atoms with E-state index >= 15 is 0 Å². The van der Waals surface area contributed by atoms with Crippen molar-refractivity contribution in [3.8, 4) is 0 Å². The Morgan fingerprint density at radius 3 is 2.48 bits per heavy atom. The van der Waals surface area contributed by atoms with Gasteiger partial charge in [-0.2, -0.15) is 0 Å². The second-order valence-electron chi connectivity index (χ2n) is 8.32. The first-order valence-electron chi connectivity index (χ1n) is 10.5. The number of benzene rings is 2. The summed E-state index contributed by atoms with van der Waals surface area (Å²) in [5, 5.41) is 2.85. The number of likely N-dealkylation sites (tertiary alicyclic amines) is 1. The molecule has 0 radical (unpaired) electrons. The van der Waals surface area contributed by atoms with Crippen molar-refractivity contribution in [3.05, 3.63) is 65.5 Å². The van der Waals surface area contributed by atoms with E-state index in [0.717, 1.165) is 32.5 Å². The molecule has 2 aromatic carbocycles. The molecule has 0 atom stereocenters. The molecule has 1 fully saturated rings. The Bertz CT molecular complexity index is 798. The van der Waals surface area contributed by atoms with Crippen LogP contribution in [0.5, 0.6) is 0 Å². The number of anilines is 1. The van der Waals surface area contributed by atoms with Crippen LogP contribution in [-0.2, 0) is 11.3 Å². The summed E-state index contributed by atoms with van der Waals surface area (Å²) in [5.74, 6) is -0.346. The molecule has 0 spiro atoms. The highest BCUT2D eigenvalue weighted by atomic mass is 19.1. The minimum Gasteiger partial charge on any atom is -0.325 e. The molecule has 156 valence electrons. The minimum atomic E-state index is -0.301. The summed E-state index contributed by atoms with van der Waals surface area (Å²) in [6, 6.07) is 15.6. The fourth-order valence-corrected chi connectivity index (χ4v) is 4.10. The molecule has 0 unspecified atom stereocenters. The summed E-state index contributed by atoms with van der Waals surface area (Å²) in [7, 11) is 0. The van der Waals surface area contributed by atoms with Crippen LogP contribution < -0.4 is 5.32 Å². The molecule has 2 aromatic rings. The second kappa shape index (κ2) is 9.99. The van der Waals surface area contributed by atoms with Gasteiger partial charge in [0.2, 0.25) is 5.91 Å². The van der Waals surface area contributed by atoms with Crippen LogP contribution in [0.3, 0.4) is 0 Å². The van der Waals surface area contributed by atoms with E-state index in [1.807, 2.05) is 0 Å². The normalized spacial score (nSPS) is 15.8. The van der Waals surface area contributed by atoms with Gasteiger partial charge < -0.3 is 5.32 Å². The number of halogens is 1. The largest absolute Gasteiger partial charge is 0.325 e. The Morgan fingerprint density at radius 2 is 1.86 bits per heavy atom. The Kier molecular flexibility index (Phi) is 7.40. The van der Waals surface area contributed by atoms with Gasteiger partial charge in [0.1, 0.15) is 5.82 Å². The fourth-order valence-electron chi connectivity index (χ4n) is 4.10. The van der Waals surface area contributed by atoms with Gasteiger partial charge in [0, 0.05) is 37.4 Å². The van der Waals surface area contributed by atoms with E-state index in [2.05, 4.69) is 60.2 Å². The van der Waals surface area contributed by atoms with Crippen molar-refractivity contribution >= 4 is 11.6 Å². The first kappa shape index (κ1) is 21.5. The molecule has 29 heavy (non-hydrogen) atoms. The highest BCUT2D eigenvalue weighted by Crippen LogP contribution is 2.22. The molecule has 1 heterocycles. The van der Waals surface area contributed by atoms with Crippen LogP contribution in [0, 0.1) is 12.7 Å². The third-order valence-electron chi connectivity index (χ3n) is 5.63. The average Bonchev–Trinajstić information content (AvgIpc) is 2.68. The number of amides is 1. The lowest BCUT2D eigenvalue weighted by Crippen LogP contribution is -2.48. The van der Waals surface area contributed by atoms with E-state index in [1.165, 1.54) is 23.3 Å². The van der Waals surface area contributed by atoms with Crippen LogP contribution >= 0.6 is 0 Å². The molecular weight excluding hydrogens is 365 g/mol. The van der Waals surface area contributed by atoms with E-state index in [1.54, 1.807) is 12.1 Å². The van der Waals surface area contributed by atoms with Gasteiger partial charge in [-0.05, 0) is 63.4 Å². The lowest BCUT2D eigenvalue weighted by Gasteiger charge is -2.40. The standard InChI is InChI=1S/C24H32FN3O/c1-18(2)28(16-20-6-4-5-19(3)15-20)23-11-13-27(14-12-23)17-24(29)26-22-9-7-21(25)8-10-22/h4-10,15,18,23H,11-14,16-17H2,1-3H3,(H,26,29). The number of piperidine rings is 1. The Balaban J connectivity index is 1.50. The maximum Gasteiger partial charge on any atom is 0.238 e. The number of aryl methyl sites for hydroxylation is 1. The molecule has 1 saturated heterocycles. The summed E-state index contributed by atoms with van der Waals surface area (Å²) < 4.78 is 13.0. The fraction of sp³-hybridized carbons (Fsp3) is 0.458. The Hall–Kier alpha value is -2.24. The molecule has 3 rings (SSSR count). The molecule has 0 saturated carbocycles. The number of nitrogens with one attached hydrogen (secondary N) is 1. The molecule has 1 amide bonds. The average molecular weight is 398 g/mol. The number of nitrogens with zero attached hydrogens (tertiary/aromatic N) is 2. The van der Waals surface area contributed by atoms with Crippen molar-refractivity contribution < 1.29 is 9.18 Å². The van der Waals surface area contributed by atoms with E-state index in [0.29, 0.717) is 24.3 Å². The van der Waals surface area contributed by atoms with Crippen molar-refractivity contribution in [1.82, 2.24) is 9.80 Å². The van der Waals surface area contributed by atoms with Gasteiger partial charge in [0.05, 0.1) is 6.54 Å². The van der Waals surface area contributed by atoms with Gasteiger partial charge >= 0.3 is 0 Å². The van der Waals surface area contributed by atoms with Gasteiger partial charge in [-0.3, -0.25) is 14.6 Å². The summed E-state index contributed by atoms with van der Waals surface area (Å²) in [6.45, 7) is 9.84. The highest BCUT2D eigenvalue weighted by Gasteiger charge is 2.27. The Morgan fingerprint density at radius 1 is 1.17 bits per heavy atom. The number of hydrogen-bond donors (Lipinski definition) is 1. The highest BCUT2D eigenvalue weighted by molar-refractivity contribution is 5.92. The van der Waals surface area contributed by atoms with Gasteiger partial charge in [0.15, 0.2) is 0 Å². The quantitative estimate of drug-likeness (QED) is 0.750. The first-order chi connectivity index (χ1) is 13.9. The Labute approximate surface area is 173 Å². The van der Waals surface area contributed by atoms with Crippen molar-refractivity contribution in [1.29, 1.82) is 0 Å². The summed E-state index contributed by atoms with van der Waals surface area (Å²) >= 11 is 0. The molecule has 1 aliphatic rings. The minimum absolute atomic E-state index is 0.0458. The third-order valence-corrected chi connectivity index (χ3v) is 5.63. The zero-order chi connectivity index (χ0) is 20.8. The summed E-state index contributed by atoms with van der Waals surface area (Å²) in [6.07, 6.45) is 2.13. The van der Waals surface area contributed by atoms with Gasteiger partial charge in [-0.15, -0.1) is 0 Å². The van der Waals surface area contributed by atoms with Gasteiger partial charge in [-0.1, -0.05) is 29.8 Å². The number of rotatable bonds is 7. The van der Waals surface area contributed by atoms with Crippen LogP contribution in [-0.4, -0.2) is 47.4 Å². The van der Waals surface area contributed by atoms with Crippen molar-refractivity contribution in [2.75, 3.05) is 25.0 Å². The molecule has 5 heteroatoms. The van der Waals surface area contributed by atoms with E-state index in [4.69, 9.17) is 0 Å². The van der Waals surface area contributed by atoms with Crippen molar-refractivity contribution in [2.45, 2.75) is 52.2 Å². The monoisotopic (exact) mass is 397 g/mol.